The summed E-state index contributed by atoms with van der Waals surface area (Å²) in [5.74, 6) is 0. The van der Waals surface area contributed by atoms with Crippen LogP contribution in [0.25, 0.3) is 10.9 Å². The molecule has 13 heavy (non-hydrogen) atoms. The molecule has 0 radical (unpaired) electrons. The van der Waals surface area contributed by atoms with E-state index in [0.29, 0.717) is 6.54 Å². The molecule has 0 amide bonds. The highest BCUT2D eigenvalue weighted by Crippen LogP contribution is 2.23. The van der Waals surface area contributed by atoms with Crippen LogP contribution in [-0.2, 0) is 6.54 Å². The fourth-order valence-corrected chi connectivity index (χ4v) is 1.91. The summed E-state index contributed by atoms with van der Waals surface area (Å²) in [6, 6.07) is 4.34. The van der Waals surface area contributed by atoms with Gasteiger partial charge >= 0.3 is 0 Å². The van der Waals surface area contributed by atoms with E-state index in [-0.39, 0.29) is 0 Å². The van der Waals surface area contributed by atoms with Gasteiger partial charge in [-0.3, -0.25) is 0 Å². The van der Waals surface area contributed by atoms with Gasteiger partial charge in [-0.1, -0.05) is 6.07 Å². The Labute approximate surface area is 77.8 Å². The van der Waals surface area contributed by atoms with E-state index < -0.39 is 0 Å². The lowest BCUT2D eigenvalue weighted by molar-refractivity contribution is 1.08. The summed E-state index contributed by atoms with van der Waals surface area (Å²) in [4.78, 5) is 3.24. The van der Waals surface area contributed by atoms with Crippen molar-refractivity contribution in [2.75, 3.05) is 0 Å². The van der Waals surface area contributed by atoms with Gasteiger partial charge in [0.25, 0.3) is 0 Å². The quantitative estimate of drug-likeness (QED) is 0.684. The minimum atomic E-state index is 0.601. The summed E-state index contributed by atoms with van der Waals surface area (Å²) in [7, 11) is 0. The first kappa shape index (κ1) is 8.32. The number of hydrogen-bond donors (Lipinski definition) is 2. The Kier molecular flexibility index (Phi) is 1.85. The molecule has 2 heteroatoms. The van der Waals surface area contributed by atoms with Gasteiger partial charge in [-0.15, -0.1) is 0 Å². The topological polar surface area (TPSA) is 41.8 Å². The third-order valence-electron chi connectivity index (χ3n) is 2.42. The van der Waals surface area contributed by atoms with Crippen molar-refractivity contribution in [3.63, 3.8) is 0 Å². The number of nitrogens with two attached hydrogens (primary N) is 1. The molecule has 0 saturated carbocycles. The van der Waals surface area contributed by atoms with Crippen molar-refractivity contribution in [3.05, 3.63) is 35.0 Å². The molecule has 0 aliphatic rings. The highest BCUT2D eigenvalue weighted by atomic mass is 14.7. The molecule has 2 rings (SSSR count). The number of benzene rings is 1. The van der Waals surface area contributed by atoms with Gasteiger partial charge < -0.3 is 10.7 Å². The molecule has 3 N–H and O–H groups in total. The Morgan fingerprint density at radius 3 is 2.77 bits per heavy atom. The van der Waals surface area contributed by atoms with Crippen LogP contribution in [0.3, 0.4) is 0 Å². The second-order valence-corrected chi connectivity index (χ2v) is 3.52. The molecule has 1 aromatic heterocycles. The van der Waals surface area contributed by atoms with Crippen LogP contribution in [0.5, 0.6) is 0 Å². The molecule has 0 aliphatic heterocycles. The molecule has 0 fully saturated rings. The van der Waals surface area contributed by atoms with Crippen molar-refractivity contribution in [1.82, 2.24) is 4.98 Å². The first-order chi connectivity index (χ1) is 6.22. The van der Waals surface area contributed by atoms with Gasteiger partial charge in [-0.2, -0.15) is 0 Å². The van der Waals surface area contributed by atoms with Crippen molar-refractivity contribution < 1.29 is 0 Å². The van der Waals surface area contributed by atoms with Crippen LogP contribution in [-0.4, -0.2) is 4.98 Å². The fourth-order valence-electron chi connectivity index (χ4n) is 1.91. The first-order valence-electron chi connectivity index (χ1n) is 4.49. The highest BCUT2D eigenvalue weighted by molar-refractivity contribution is 5.87. The van der Waals surface area contributed by atoms with E-state index in [1.807, 2.05) is 6.20 Å². The summed E-state index contributed by atoms with van der Waals surface area (Å²) in [6.07, 6.45) is 2.00. The molecule has 1 aromatic carbocycles. The van der Waals surface area contributed by atoms with E-state index in [1.165, 1.54) is 27.6 Å². The molecule has 0 saturated heterocycles. The minimum Gasteiger partial charge on any atom is -0.361 e. The fraction of sp³-hybridized carbons (Fsp3) is 0.273. The molecule has 0 unspecified atom stereocenters. The smallest absolute Gasteiger partial charge is 0.0462 e. The largest absolute Gasteiger partial charge is 0.361 e. The predicted octanol–water partition coefficient (Wildman–Crippen LogP) is 2.24. The monoisotopic (exact) mass is 174 g/mol. The number of hydrogen-bond acceptors (Lipinski definition) is 1. The number of aryl methyl sites for hydroxylation is 2. The number of H-pyrrole nitrogens is 1. The summed E-state index contributed by atoms with van der Waals surface area (Å²) < 4.78 is 0. The first-order valence-corrected chi connectivity index (χ1v) is 4.49. The van der Waals surface area contributed by atoms with E-state index >= 15 is 0 Å². The maximum Gasteiger partial charge on any atom is 0.0462 e. The molecule has 2 nitrogen and oxygen atoms in total. The summed E-state index contributed by atoms with van der Waals surface area (Å²) in [5.41, 5.74) is 10.6. The van der Waals surface area contributed by atoms with Crippen molar-refractivity contribution in [2.45, 2.75) is 20.4 Å². The molecular formula is C11H14N2. The van der Waals surface area contributed by atoms with Crippen LogP contribution < -0.4 is 5.73 Å². The molecule has 68 valence electrons. The average molecular weight is 174 g/mol. The van der Waals surface area contributed by atoms with Crippen molar-refractivity contribution in [2.24, 2.45) is 5.73 Å². The van der Waals surface area contributed by atoms with Gasteiger partial charge in [-0.25, -0.2) is 0 Å². The minimum absolute atomic E-state index is 0.601. The third kappa shape index (κ3) is 1.23. The Morgan fingerprint density at radius 2 is 2.08 bits per heavy atom. The number of aromatic nitrogens is 1. The molecule has 2 aromatic rings. The molecule has 1 heterocycles. The second-order valence-electron chi connectivity index (χ2n) is 3.52. The zero-order valence-corrected chi connectivity index (χ0v) is 8.02. The Balaban J connectivity index is 2.82. The van der Waals surface area contributed by atoms with E-state index in [0.717, 1.165) is 0 Å². The average Bonchev–Trinajstić information content (AvgIpc) is 2.47. The van der Waals surface area contributed by atoms with Crippen LogP contribution in [0.2, 0.25) is 0 Å². The van der Waals surface area contributed by atoms with E-state index in [2.05, 4.69) is 31.0 Å². The van der Waals surface area contributed by atoms with E-state index in [4.69, 9.17) is 5.73 Å². The number of aromatic amines is 1. The third-order valence-corrected chi connectivity index (χ3v) is 2.42. The maximum absolute atomic E-state index is 5.65. The Hall–Kier alpha value is -1.28. The summed E-state index contributed by atoms with van der Waals surface area (Å²) in [5, 5.41) is 1.29. The van der Waals surface area contributed by atoms with Crippen LogP contribution in [0.1, 0.15) is 16.7 Å². The van der Waals surface area contributed by atoms with E-state index in [1.54, 1.807) is 0 Å². The van der Waals surface area contributed by atoms with Crippen LogP contribution in [0, 0.1) is 13.8 Å². The molecule has 0 bridgehead atoms. The standard InChI is InChI=1S/C11H14N2/c1-7-3-8(2)11-9(5-12)6-13-10(11)4-7/h3-4,6,13H,5,12H2,1-2H3. The zero-order chi connectivity index (χ0) is 9.42. The van der Waals surface area contributed by atoms with Gasteiger partial charge in [0.05, 0.1) is 0 Å². The number of rotatable bonds is 1. The molecular weight excluding hydrogens is 160 g/mol. The number of fused-ring (bicyclic) bond motifs is 1. The van der Waals surface area contributed by atoms with Gasteiger partial charge in [0.1, 0.15) is 0 Å². The second kappa shape index (κ2) is 2.89. The highest BCUT2D eigenvalue weighted by Gasteiger charge is 2.04. The predicted molar refractivity (Wildman–Crippen MR) is 55.7 cm³/mol. The summed E-state index contributed by atoms with van der Waals surface area (Å²) in [6.45, 7) is 4.83. The Morgan fingerprint density at radius 1 is 1.31 bits per heavy atom. The lowest BCUT2D eigenvalue weighted by Gasteiger charge is -2.01. The van der Waals surface area contributed by atoms with Crippen molar-refractivity contribution in [1.29, 1.82) is 0 Å². The molecule has 0 atom stereocenters. The van der Waals surface area contributed by atoms with Crippen molar-refractivity contribution in [3.8, 4) is 0 Å². The zero-order valence-electron chi connectivity index (χ0n) is 8.02. The Bertz CT molecular complexity index is 441. The number of nitrogens with one attached hydrogen (secondary N) is 1. The SMILES string of the molecule is Cc1cc(C)c2c(CN)c[nH]c2c1. The van der Waals surface area contributed by atoms with Crippen molar-refractivity contribution >= 4 is 10.9 Å². The van der Waals surface area contributed by atoms with Gasteiger partial charge in [0.15, 0.2) is 0 Å². The van der Waals surface area contributed by atoms with Crippen LogP contribution in [0.15, 0.2) is 18.3 Å². The van der Waals surface area contributed by atoms with Crippen LogP contribution in [0.4, 0.5) is 0 Å². The van der Waals surface area contributed by atoms with Gasteiger partial charge in [0.2, 0.25) is 0 Å². The molecule has 0 aliphatic carbocycles. The normalized spacial score (nSPS) is 11.0. The lowest BCUT2D eigenvalue weighted by Crippen LogP contribution is -1.95. The van der Waals surface area contributed by atoms with E-state index in [9.17, 15) is 0 Å². The maximum atomic E-state index is 5.65. The van der Waals surface area contributed by atoms with Crippen LogP contribution >= 0.6 is 0 Å². The molecule has 0 spiro atoms. The van der Waals surface area contributed by atoms with Gasteiger partial charge in [-0.05, 0) is 36.6 Å². The lowest BCUT2D eigenvalue weighted by atomic mass is 10.0. The summed E-state index contributed by atoms with van der Waals surface area (Å²) >= 11 is 0. The van der Waals surface area contributed by atoms with Gasteiger partial charge in [0, 0.05) is 23.6 Å².